The van der Waals surface area contributed by atoms with Crippen molar-refractivity contribution < 1.29 is 71.2 Å². The molecule has 2 rings (SSSR count). The van der Waals surface area contributed by atoms with Crippen LogP contribution in [-0.2, 0) is 16.3 Å². The fraction of sp³-hybridized carbons (Fsp3) is 0. The van der Waals surface area contributed by atoms with E-state index in [1.165, 1.54) is 21.6 Å². The van der Waals surface area contributed by atoms with Crippen LogP contribution in [0.15, 0.2) is 70.5 Å². The summed E-state index contributed by atoms with van der Waals surface area (Å²) in [5, 5.41) is 0. The fourth-order valence-corrected chi connectivity index (χ4v) is 2.09. The van der Waals surface area contributed by atoms with Gasteiger partial charge in [-0.05, 0) is 28.8 Å². The normalized spacial score (nSPS) is 9.05. The molecule has 0 amide bonds. The van der Waals surface area contributed by atoms with Crippen molar-refractivity contribution in [2.75, 3.05) is 0 Å². The van der Waals surface area contributed by atoms with Crippen molar-refractivity contribution in [2.45, 2.75) is 9.79 Å². The van der Waals surface area contributed by atoms with Crippen LogP contribution in [0.2, 0.25) is 0 Å². The van der Waals surface area contributed by atoms with Gasteiger partial charge >= 0.3 is 59.6 Å². The molecular formula is C12H13KO4PS+. The molecule has 0 aliphatic rings. The standard InChI is InChI=1S/C12H10S.K.HO3P.H2O/c1-3-7-11(8-4-1)13-12-9-5-2-6-10-12;;1-4(2)3;/h1-10H;;(H,1,2,3);1H2/q;+1;;. The first-order valence-electron chi connectivity index (χ1n) is 4.83. The van der Waals surface area contributed by atoms with Gasteiger partial charge in [0.25, 0.3) is 0 Å². The van der Waals surface area contributed by atoms with Gasteiger partial charge in [-0.15, -0.1) is 0 Å². The van der Waals surface area contributed by atoms with E-state index in [2.05, 4.69) is 48.5 Å². The second kappa shape index (κ2) is 13.4. The third-order valence-electron chi connectivity index (χ3n) is 1.77. The van der Waals surface area contributed by atoms with Crippen LogP contribution in [0.25, 0.3) is 0 Å². The summed E-state index contributed by atoms with van der Waals surface area (Å²) in [7, 11) is -3.12. The van der Waals surface area contributed by atoms with Crippen molar-refractivity contribution in [3.05, 3.63) is 60.7 Å². The molecule has 2 aromatic carbocycles. The summed E-state index contributed by atoms with van der Waals surface area (Å²) >= 11 is 1.28. The molecule has 1 atom stereocenters. The Kier molecular flexibility index (Phi) is 15.3. The molecule has 0 aliphatic carbocycles. The Hall–Kier alpha value is 0.406. The van der Waals surface area contributed by atoms with E-state index in [1.54, 1.807) is 0 Å². The van der Waals surface area contributed by atoms with Crippen molar-refractivity contribution in [3.8, 4) is 0 Å². The molecule has 0 aliphatic heterocycles. The van der Waals surface area contributed by atoms with Crippen molar-refractivity contribution in [1.82, 2.24) is 0 Å². The molecule has 0 saturated heterocycles. The van der Waals surface area contributed by atoms with Crippen LogP contribution in [0, 0.1) is 0 Å². The molecule has 19 heavy (non-hydrogen) atoms. The zero-order valence-electron chi connectivity index (χ0n) is 10.4. The molecule has 0 saturated carbocycles. The number of benzene rings is 2. The van der Waals surface area contributed by atoms with Crippen molar-refractivity contribution >= 4 is 20.0 Å². The maximum atomic E-state index is 8.59. The van der Waals surface area contributed by atoms with E-state index in [0.717, 1.165) is 0 Å². The number of hydrogen-bond donors (Lipinski definition) is 1. The Labute approximate surface area is 159 Å². The zero-order chi connectivity index (χ0) is 12.5. The van der Waals surface area contributed by atoms with Gasteiger partial charge in [-0.25, -0.2) is 0 Å². The van der Waals surface area contributed by atoms with E-state index >= 15 is 0 Å². The smallest absolute Gasteiger partial charge is 0.870 e. The predicted molar refractivity (Wildman–Crippen MR) is 69.9 cm³/mol. The third-order valence-corrected chi connectivity index (χ3v) is 2.88. The molecule has 7 heteroatoms. The monoisotopic (exact) mass is 323 g/mol. The van der Waals surface area contributed by atoms with Crippen LogP contribution in [0.3, 0.4) is 0 Å². The Morgan fingerprint density at radius 3 is 1.42 bits per heavy atom. The minimum absolute atomic E-state index is 0. The van der Waals surface area contributed by atoms with Gasteiger partial charge in [0.15, 0.2) is 9.79 Å². The Balaban J connectivity index is 0. The number of thiol groups is 1. The second-order valence-electron chi connectivity index (χ2n) is 3.02. The zero-order valence-corrected chi connectivity index (χ0v) is 15.3. The van der Waals surface area contributed by atoms with Gasteiger partial charge in [0.05, 0.1) is 0 Å². The van der Waals surface area contributed by atoms with Crippen LogP contribution < -0.4 is 56.3 Å². The first kappa shape index (κ1) is 21.7. The first-order chi connectivity index (χ1) is 8.18. The minimum atomic E-state index is -3.12. The molecule has 2 aromatic rings. The Morgan fingerprint density at radius 2 is 1.16 bits per heavy atom. The summed E-state index contributed by atoms with van der Waals surface area (Å²) in [6.07, 6.45) is 0. The van der Waals surface area contributed by atoms with Gasteiger partial charge in [0, 0.05) is 11.8 Å². The van der Waals surface area contributed by atoms with Crippen LogP contribution in [0.5, 0.6) is 0 Å². The van der Waals surface area contributed by atoms with E-state index in [9.17, 15) is 0 Å². The summed E-state index contributed by atoms with van der Waals surface area (Å²) in [4.78, 5) is 18.3. The molecule has 2 N–H and O–H groups in total. The van der Waals surface area contributed by atoms with E-state index in [4.69, 9.17) is 14.4 Å². The molecule has 0 aromatic heterocycles. The van der Waals surface area contributed by atoms with Crippen LogP contribution in [-0.4, -0.2) is 10.4 Å². The number of rotatable bonds is 2. The van der Waals surface area contributed by atoms with E-state index in [0.29, 0.717) is 0 Å². The predicted octanol–water partition coefficient (Wildman–Crippen LogP) is -1.26. The molecule has 4 nitrogen and oxygen atoms in total. The van der Waals surface area contributed by atoms with E-state index < -0.39 is 8.25 Å². The van der Waals surface area contributed by atoms with Gasteiger partial charge in [-0.3, -0.25) is 0 Å². The second-order valence-corrected chi connectivity index (χ2v) is 4.75. The van der Waals surface area contributed by atoms with E-state index in [1.807, 2.05) is 12.1 Å². The van der Waals surface area contributed by atoms with Gasteiger partial charge in [-0.2, -0.15) is 4.89 Å². The van der Waals surface area contributed by atoms with Gasteiger partial charge in [0.2, 0.25) is 0 Å². The number of hydrogen-bond acceptors (Lipinski definition) is 3. The SMILES string of the molecule is O=[P+]([O-])O.[K+].[OH-].c1ccc([SH+]c2ccccc2)cc1. The molecule has 0 heterocycles. The van der Waals surface area contributed by atoms with E-state index in [-0.39, 0.29) is 56.9 Å². The molecule has 96 valence electrons. The summed E-state index contributed by atoms with van der Waals surface area (Å²) in [6, 6.07) is 21.0. The van der Waals surface area contributed by atoms with Crippen LogP contribution in [0.1, 0.15) is 0 Å². The van der Waals surface area contributed by atoms with Crippen LogP contribution >= 0.6 is 8.25 Å². The van der Waals surface area contributed by atoms with Crippen molar-refractivity contribution in [3.63, 3.8) is 0 Å². The molecular weight excluding hydrogens is 310 g/mol. The van der Waals surface area contributed by atoms with Crippen molar-refractivity contribution in [2.24, 2.45) is 0 Å². The van der Waals surface area contributed by atoms with Crippen molar-refractivity contribution in [1.29, 1.82) is 0 Å². The summed E-state index contributed by atoms with van der Waals surface area (Å²) in [5.41, 5.74) is 0. The molecule has 1 unspecified atom stereocenters. The molecule has 0 fully saturated rings. The Morgan fingerprint density at radius 1 is 0.895 bits per heavy atom. The third kappa shape index (κ3) is 11.9. The average molecular weight is 323 g/mol. The summed E-state index contributed by atoms with van der Waals surface area (Å²) in [5.74, 6) is 0. The molecule has 0 radical (unpaired) electrons. The average Bonchev–Trinajstić information content (AvgIpc) is 2.31. The maximum absolute atomic E-state index is 8.59. The van der Waals surface area contributed by atoms with Gasteiger partial charge in [0.1, 0.15) is 0 Å². The first-order valence-corrected chi connectivity index (χ1v) is 6.86. The minimum Gasteiger partial charge on any atom is -0.870 e. The van der Waals surface area contributed by atoms with Gasteiger partial charge < -0.3 is 10.4 Å². The summed E-state index contributed by atoms with van der Waals surface area (Å²) in [6.45, 7) is 0. The largest absolute Gasteiger partial charge is 1.00 e. The molecule has 0 bridgehead atoms. The van der Waals surface area contributed by atoms with Crippen LogP contribution in [0.4, 0.5) is 0 Å². The fourth-order valence-electron chi connectivity index (χ4n) is 1.15. The summed E-state index contributed by atoms with van der Waals surface area (Å²) < 4.78 is 8.59. The maximum Gasteiger partial charge on any atom is 1.00 e. The quantitative estimate of drug-likeness (QED) is 0.323. The topological polar surface area (TPSA) is 90.4 Å². The van der Waals surface area contributed by atoms with Gasteiger partial charge in [-0.1, -0.05) is 36.4 Å². The molecule has 0 spiro atoms. The Bertz CT molecular complexity index is 414.